The Bertz CT molecular complexity index is 1380. The molecule has 1 unspecified atom stereocenters. The topological polar surface area (TPSA) is 85.3 Å². The number of aliphatic hydroxyl groups excluding tert-OH is 1. The lowest BCUT2D eigenvalue weighted by Gasteiger charge is -2.26. The SMILES string of the molecule is CCCOc1ccc(/C(O)=C2\C(=O)C(=O)N(c3cccc(OCC)c3)C2c2ccc(OC(C)C)cc2)cc1C. The van der Waals surface area contributed by atoms with E-state index in [1.54, 1.807) is 54.6 Å². The fourth-order valence-corrected chi connectivity index (χ4v) is 4.63. The molecule has 39 heavy (non-hydrogen) atoms. The summed E-state index contributed by atoms with van der Waals surface area (Å²) in [5.74, 6) is 0.230. The molecule has 0 radical (unpaired) electrons. The van der Waals surface area contributed by atoms with Gasteiger partial charge in [0.05, 0.1) is 30.9 Å². The highest BCUT2D eigenvalue weighted by molar-refractivity contribution is 6.51. The van der Waals surface area contributed by atoms with Crippen LogP contribution in [0.15, 0.2) is 72.3 Å². The third-order valence-corrected chi connectivity index (χ3v) is 6.33. The normalized spacial score (nSPS) is 16.6. The van der Waals surface area contributed by atoms with Crippen molar-refractivity contribution in [2.24, 2.45) is 0 Å². The van der Waals surface area contributed by atoms with Crippen molar-refractivity contribution >= 4 is 23.1 Å². The van der Waals surface area contributed by atoms with Crippen LogP contribution in [0.4, 0.5) is 5.69 Å². The van der Waals surface area contributed by atoms with E-state index in [0.717, 1.165) is 12.0 Å². The maximum Gasteiger partial charge on any atom is 0.300 e. The average Bonchev–Trinajstić information content (AvgIpc) is 3.18. The summed E-state index contributed by atoms with van der Waals surface area (Å²) in [6.45, 7) is 10.7. The summed E-state index contributed by atoms with van der Waals surface area (Å²) in [4.78, 5) is 28.4. The van der Waals surface area contributed by atoms with Gasteiger partial charge >= 0.3 is 0 Å². The van der Waals surface area contributed by atoms with Crippen molar-refractivity contribution in [2.75, 3.05) is 18.1 Å². The van der Waals surface area contributed by atoms with Gasteiger partial charge in [-0.1, -0.05) is 25.1 Å². The van der Waals surface area contributed by atoms with Gasteiger partial charge in [0, 0.05) is 17.3 Å². The van der Waals surface area contributed by atoms with Gasteiger partial charge in [0.2, 0.25) is 0 Å². The first kappa shape index (κ1) is 27.8. The molecule has 0 bridgehead atoms. The molecule has 7 heteroatoms. The maximum atomic E-state index is 13.5. The number of aryl methyl sites for hydroxylation is 1. The average molecular weight is 530 g/mol. The summed E-state index contributed by atoms with van der Waals surface area (Å²) in [7, 11) is 0. The number of benzene rings is 3. The third-order valence-electron chi connectivity index (χ3n) is 6.33. The number of ketones is 1. The smallest absolute Gasteiger partial charge is 0.300 e. The van der Waals surface area contributed by atoms with E-state index in [1.807, 2.05) is 46.8 Å². The van der Waals surface area contributed by atoms with E-state index in [0.29, 0.717) is 47.3 Å². The van der Waals surface area contributed by atoms with Gasteiger partial charge in [-0.25, -0.2) is 0 Å². The highest BCUT2D eigenvalue weighted by Crippen LogP contribution is 2.43. The number of rotatable bonds is 10. The number of carbonyl (C=O) groups excluding carboxylic acids is 2. The molecule has 3 aromatic carbocycles. The standard InChI is InChI=1S/C32H35NO6/c1-6-17-38-27-16-13-23(18-21(27)5)30(34)28-29(22-11-14-25(15-12-22)39-20(3)4)33(32(36)31(28)35)24-9-8-10-26(19-24)37-7-2/h8-16,18-20,29,34H,6-7,17H2,1-5H3/b30-28+. The van der Waals surface area contributed by atoms with Crippen LogP contribution in [0.25, 0.3) is 5.76 Å². The van der Waals surface area contributed by atoms with Crippen molar-refractivity contribution < 1.29 is 28.9 Å². The number of aliphatic hydroxyl groups is 1. The Morgan fingerprint density at radius 1 is 0.949 bits per heavy atom. The molecule has 1 aliphatic heterocycles. The largest absolute Gasteiger partial charge is 0.507 e. The summed E-state index contributed by atoms with van der Waals surface area (Å²) in [6.07, 6.45) is 0.867. The first-order valence-corrected chi connectivity index (χ1v) is 13.3. The van der Waals surface area contributed by atoms with Crippen LogP contribution in [0, 0.1) is 6.92 Å². The number of ether oxygens (including phenoxy) is 3. The first-order chi connectivity index (χ1) is 18.7. The maximum absolute atomic E-state index is 13.5. The van der Waals surface area contributed by atoms with Crippen molar-refractivity contribution in [2.45, 2.75) is 53.2 Å². The van der Waals surface area contributed by atoms with Crippen LogP contribution in [0.2, 0.25) is 0 Å². The summed E-state index contributed by atoms with van der Waals surface area (Å²) in [6, 6.07) is 18.7. The van der Waals surface area contributed by atoms with Crippen LogP contribution >= 0.6 is 0 Å². The van der Waals surface area contributed by atoms with Crippen molar-refractivity contribution in [3.8, 4) is 17.2 Å². The molecule has 1 atom stereocenters. The molecule has 0 aromatic heterocycles. The van der Waals surface area contributed by atoms with Crippen LogP contribution in [-0.4, -0.2) is 36.1 Å². The lowest BCUT2D eigenvalue weighted by molar-refractivity contribution is -0.132. The number of Topliss-reactive ketones (excluding diaryl/α,β-unsaturated/α-hetero) is 1. The van der Waals surface area contributed by atoms with Gasteiger partial charge in [-0.05, 0) is 87.7 Å². The second kappa shape index (κ2) is 12.1. The zero-order chi connectivity index (χ0) is 28.1. The molecular formula is C32H35NO6. The van der Waals surface area contributed by atoms with Gasteiger partial charge in [-0.15, -0.1) is 0 Å². The lowest BCUT2D eigenvalue weighted by atomic mass is 9.94. The Morgan fingerprint density at radius 3 is 2.33 bits per heavy atom. The second-order valence-corrected chi connectivity index (χ2v) is 9.66. The molecule has 0 saturated carbocycles. The van der Waals surface area contributed by atoms with Gasteiger partial charge in [0.25, 0.3) is 11.7 Å². The van der Waals surface area contributed by atoms with Crippen molar-refractivity contribution in [1.29, 1.82) is 0 Å². The van der Waals surface area contributed by atoms with Crippen molar-refractivity contribution in [3.05, 3.63) is 89.0 Å². The molecule has 4 rings (SSSR count). The zero-order valence-electron chi connectivity index (χ0n) is 23.1. The predicted octanol–water partition coefficient (Wildman–Crippen LogP) is 6.60. The highest BCUT2D eigenvalue weighted by atomic mass is 16.5. The summed E-state index contributed by atoms with van der Waals surface area (Å²) >= 11 is 0. The van der Waals surface area contributed by atoms with E-state index < -0.39 is 17.7 Å². The summed E-state index contributed by atoms with van der Waals surface area (Å²) < 4.78 is 17.2. The monoisotopic (exact) mass is 529 g/mol. The van der Waals surface area contributed by atoms with Crippen LogP contribution < -0.4 is 19.1 Å². The van der Waals surface area contributed by atoms with E-state index in [9.17, 15) is 14.7 Å². The van der Waals surface area contributed by atoms with Crippen molar-refractivity contribution in [1.82, 2.24) is 0 Å². The minimum atomic E-state index is -0.855. The molecule has 0 spiro atoms. The highest BCUT2D eigenvalue weighted by Gasteiger charge is 2.47. The number of carbonyl (C=O) groups is 2. The lowest BCUT2D eigenvalue weighted by Crippen LogP contribution is -2.29. The van der Waals surface area contributed by atoms with E-state index >= 15 is 0 Å². The van der Waals surface area contributed by atoms with E-state index in [4.69, 9.17) is 14.2 Å². The van der Waals surface area contributed by atoms with Crippen LogP contribution in [0.3, 0.4) is 0 Å². The third kappa shape index (κ3) is 5.93. The van der Waals surface area contributed by atoms with E-state index in [-0.39, 0.29) is 17.4 Å². The van der Waals surface area contributed by atoms with Crippen molar-refractivity contribution in [3.63, 3.8) is 0 Å². The molecule has 0 aliphatic carbocycles. The Labute approximate surface area is 229 Å². The molecule has 204 valence electrons. The quantitative estimate of drug-likeness (QED) is 0.181. The van der Waals surface area contributed by atoms with Crippen LogP contribution in [0.1, 0.15) is 56.8 Å². The van der Waals surface area contributed by atoms with Gasteiger partial charge in [-0.2, -0.15) is 0 Å². The molecule has 1 aliphatic rings. The fourth-order valence-electron chi connectivity index (χ4n) is 4.63. The molecule has 3 aromatic rings. The summed E-state index contributed by atoms with van der Waals surface area (Å²) in [5.41, 5.74) is 2.42. The van der Waals surface area contributed by atoms with Gasteiger partial charge in [-0.3, -0.25) is 14.5 Å². The number of hydrogen-bond donors (Lipinski definition) is 1. The van der Waals surface area contributed by atoms with Gasteiger partial charge < -0.3 is 19.3 Å². The molecule has 1 amide bonds. The minimum Gasteiger partial charge on any atom is -0.507 e. The van der Waals surface area contributed by atoms with E-state index in [1.165, 1.54) is 4.90 Å². The number of nitrogens with zero attached hydrogens (tertiary/aromatic N) is 1. The second-order valence-electron chi connectivity index (χ2n) is 9.66. The Morgan fingerprint density at radius 2 is 1.69 bits per heavy atom. The summed E-state index contributed by atoms with van der Waals surface area (Å²) in [5, 5.41) is 11.5. The molecule has 1 heterocycles. The Kier molecular flexibility index (Phi) is 8.59. The number of hydrogen-bond acceptors (Lipinski definition) is 6. The molecule has 1 fully saturated rings. The fraction of sp³-hybridized carbons (Fsp3) is 0.312. The molecule has 7 nitrogen and oxygen atoms in total. The molecule has 1 N–H and O–H groups in total. The number of amides is 1. The first-order valence-electron chi connectivity index (χ1n) is 13.3. The molecule has 1 saturated heterocycles. The zero-order valence-corrected chi connectivity index (χ0v) is 23.1. The minimum absolute atomic E-state index is 0.00434. The Hall–Kier alpha value is -4.26. The number of anilines is 1. The Balaban J connectivity index is 1.85. The van der Waals surface area contributed by atoms with E-state index in [2.05, 4.69) is 0 Å². The van der Waals surface area contributed by atoms with Crippen LogP contribution in [0.5, 0.6) is 17.2 Å². The molecular weight excluding hydrogens is 494 g/mol. The van der Waals surface area contributed by atoms with Gasteiger partial charge in [0.1, 0.15) is 23.0 Å². The predicted molar refractivity (Wildman–Crippen MR) is 152 cm³/mol. The van der Waals surface area contributed by atoms with Crippen LogP contribution in [-0.2, 0) is 9.59 Å². The van der Waals surface area contributed by atoms with Gasteiger partial charge in [0.15, 0.2) is 0 Å².